The highest BCUT2D eigenvalue weighted by atomic mass is 16.3. The van der Waals surface area contributed by atoms with Gasteiger partial charge in [-0.2, -0.15) is 5.26 Å². The minimum atomic E-state index is -0.517. The lowest BCUT2D eigenvalue weighted by Crippen LogP contribution is -2.45. The van der Waals surface area contributed by atoms with E-state index in [0.717, 1.165) is 24.8 Å². The van der Waals surface area contributed by atoms with Crippen LogP contribution in [0.3, 0.4) is 0 Å². The molecule has 2 heterocycles. The van der Waals surface area contributed by atoms with Gasteiger partial charge in [0, 0.05) is 18.9 Å². The predicted octanol–water partition coefficient (Wildman–Crippen LogP) is 3.30. The van der Waals surface area contributed by atoms with Gasteiger partial charge >= 0.3 is 0 Å². The summed E-state index contributed by atoms with van der Waals surface area (Å²) < 4.78 is 1.91. The van der Waals surface area contributed by atoms with Crippen molar-refractivity contribution < 1.29 is 9.90 Å². The van der Waals surface area contributed by atoms with E-state index in [1.54, 1.807) is 18.5 Å². The van der Waals surface area contributed by atoms with E-state index in [1.165, 1.54) is 5.56 Å². The number of benzene rings is 1. The maximum absolute atomic E-state index is 13.0. The van der Waals surface area contributed by atoms with Gasteiger partial charge in [0.25, 0.3) is 5.91 Å². The summed E-state index contributed by atoms with van der Waals surface area (Å²) in [6.45, 7) is 2.57. The maximum Gasteiger partial charge on any atom is 0.255 e. The molecule has 6 heteroatoms. The van der Waals surface area contributed by atoms with Crippen LogP contribution in [0.1, 0.15) is 52.7 Å². The number of amides is 1. The van der Waals surface area contributed by atoms with Crippen LogP contribution in [0.25, 0.3) is 11.0 Å². The van der Waals surface area contributed by atoms with Crippen LogP contribution < -0.4 is 5.32 Å². The molecule has 0 spiro atoms. The molecule has 2 N–H and O–H groups in total. The Kier molecular flexibility index (Phi) is 5.32. The van der Waals surface area contributed by atoms with Crippen LogP contribution in [-0.2, 0) is 6.54 Å². The molecule has 1 fully saturated rings. The van der Waals surface area contributed by atoms with E-state index in [0.29, 0.717) is 35.1 Å². The highest BCUT2D eigenvalue weighted by molar-refractivity contribution is 6.06. The van der Waals surface area contributed by atoms with E-state index in [4.69, 9.17) is 0 Å². The molecular weight excluding hydrogens is 364 g/mol. The summed E-state index contributed by atoms with van der Waals surface area (Å²) in [6, 6.07) is 11.8. The number of aliphatic hydroxyl groups is 1. The number of nitrogens with zero attached hydrogens (tertiary/aromatic N) is 3. The average Bonchev–Trinajstić information content (AvgIpc) is 3.10. The maximum atomic E-state index is 13.0. The van der Waals surface area contributed by atoms with Crippen molar-refractivity contribution in [2.75, 3.05) is 0 Å². The summed E-state index contributed by atoms with van der Waals surface area (Å²) in [5, 5.41) is 22.8. The van der Waals surface area contributed by atoms with Gasteiger partial charge in [0.05, 0.1) is 28.8 Å². The molecule has 2 aromatic heterocycles. The second kappa shape index (κ2) is 8.06. The van der Waals surface area contributed by atoms with Gasteiger partial charge in [0.15, 0.2) is 0 Å². The van der Waals surface area contributed by atoms with Crippen LogP contribution in [0.4, 0.5) is 0 Å². The molecule has 6 nitrogen and oxygen atoms in total. The Morgan fingerprint density at radius 2 is 2.03 bits per heavy atom. The number of fused-ring (bicyclic) bond motifs is 1. The van der Waals surface area contributed by atoms with Gasteiger partial charge < -0.3 is 15.0 Å². The van der Waals surface area contributed by atoms with Crippen LogP contribution in [-0.4, -0.2) is 32.7 Å². The number of rotatable bonds is 4. The lowest BCUT2D eigenvalue weighted by molar-refractivity contribution is 0.0718. The first-order valence-electron chi connectivity index (χ1n) is 9.99. The quantitative estimate of drug-likeness (QED) is 0.717. The molecular formula is C23H24N4O2. The van der Waals surface area contributed by atoms with Gasteiger partial charge in [-0.25, -0.2) is 0 Å². The van der Waals surface area contributed by atoms with Crippen LogP contribution in [0.2, 0.25) is 0 Å². The van der Waals surface area contributed by atoms with E-state index < -0.39 is 6.10 Å². The summed E-state index contributed by atoms with van der Waals surface area (Å²) in [6.07, 6.45) is 6.26. The number of aryl methyl sites for hydroxylation is 1. The molecule has 3 aromatic rings. The summed E-state index contributed by atoms with van der Waals surface area (Å²) in [5.41, 5.74) is 4.34. The van der Waals surface area contributed by atoms with Crippen molar-refractivity contribution in [2.45, 2.75) is 51.3 Å². The number of nitrogens with one attached hydrogen (secondary N) is 1. The Morgan fingerprint density at radius 1 is 1.28 bits per heavy atom. The van der Waals surface area contributed by atoms with Gasteiger partial charge in [-0.05, 0) is 31.4 Å². The van der Waals surface area contributed by atoms with E-state index >= 15 is 0 Å². The lowest BCUT2D eigenvalue weighted by atomic mass is 9.92. The van der Waals surface area contributed by atoms with Crippen LogP contribution >= 0.6 is 0 Å². The first kappa shape index (κ1) is 19.2. The van der Waals surface area contributed by atoms with E-state index in [9.17, 15) is 15.2 Å². The zero-order valence-corrected chi connectivity index (χ0v) is 16.4. The number of carbonyl (C=O) groups excluding carboxylic acids is 1. The third-order valence-corrected chi connectivity index (χ3v) is 5.64. The summed E-state index contributed by atoms with van der Waals surface area (Å²) in [5.74, 6) is -0.258. The van der Waals surface area contributed by atoms with Gasteiger partial charge in [-0.15, -0.1) is 0 Å². The van der Waals surface area contributed by atoms with E-state index in [2.05, 4.69) is 16.4 Å². The second-order valence-electron chi connectivity index (χ2n) is 7.76. The van der Waals surface area contributed by atoms with Gasteiger partial charge in [0.1, 0.15) is 11.6 Å². The zero-order chi connectivity index (χ0) is 20.4. The van der Waals surface area contributed by atoms with Gasteiger partial charge in [-0.3, -0.25) is 9.78 Å². The van der Waals surface area contributed by atoms with Crippen LogP contribution in [0.5, 0.6) is 0 Å². The Labute approximate surface area is 169 Å². The van der Waals surface area contributed by atoms with E-state index in [1.807, 2.05) is 35.8 Å². The Bertz CT molecular complexity index is 1080. The van der Waals surface area contributed by atoms with Crippen molar-refractivity contribution in [3.63, 3.8) is 0 Å². The molecule has 0 unspecified atom stereocenters. The molecule has 29 heavy (non-hydrogen) atoms. The largest absolute Gasteiger partial charge is 0.391 e. The monoisotopic (exact) mass is 388 g/mol. The summed E-state index contributed by atoms with van der Waals surface area (Å²) >= 11 is 0. The zero-order valence-electron chi connectivity index (χ0n) is 16.4. The number of hydrogen-bond donors (Lipinski definition) is 2. The molecule has 2 atom stereocenters. The van der Waals surface area contributed by atoms with Gasteiger partial charge in [-0.1, -0.05) is 42.7 Å². The molecule has 1 aromatic carbocycles. The molecule has 148 valence electrons. The number of pyridine rings is 1. The Balaban J connectivity index is 1.71. The SMILES string of the molecule is Cc1ccc(Cn2cc(C(=O)N[C@H]3CCCC[C@@H]3O)c3nccc(C#N)c32)cc1. The molecule has 1 saturated carbocycles. The van der Waals surface area contributed by atoms with E-state index in [-0.39, 0.29) is 11.9 Å². The third kappa shape index (κ3) is 3.87. The minimum Gasteiger partial charge on any atom is -0.391 e. The number of aromatic nitrogens is 2. The Morgan fingerprint density at radius 3 is 2.76 bits per heavy atom. The Hall–Kier alpha value is -3.17. The molecule has 1 amide bonds. The molecule has 0 saturated heterocycles. The van der Waals surface area contributed by atoms with Crippen molar-refractivity contribution in [2.24, 2.45) is 0 Å². The molecule has 0 radical (unpaired) electrons. The first-order valence-corrected chi connectivity index (χ1v) is 9.99. The first-order chi connectivity index (χ1) is 14.1. The highest BCUT2D eigenvalue weighted by Crippen LogP contribution is 2.25. The number of hydrogen-bond acceptors (Lipinski definition) is 4. The average molecular weight is 388 g/mol. The number of aliphatic hydroxyl groups excluding tert-OH is 1. The van der Waals surface area contributed by atoms with Gasteiger partial charge in [0.2, 0.25) is 0 Å². The summed E-state index contributed by atoms with van der Waals surface area (Å²) in [7, 11) is 0. The lowest BCUT2D eigenvalue weighted by Gasteiger charge is -2.28. The van der Waals surface area contributed by atoms with Crippen molar-refractivity contribution in [3.8, 4) is 6.07 Å². The van der Waals surface area contributed by atoms with Crippen molar-refractivity contribution in [3.05, 3.63) is 65.0 Å². The smallest absolute Gasteiger partial charge is 0.255 e. The second-order valence-corrected chi connectivity index (χ2v) is 7.76. The fourth-order valence-corrected chi connectivity index (χ4v) is 4.02. The fraction of sp³-hybridized carbons (Fsp3) is 0.348. The number of nitriles is 1. The third-order valence-electron chi connectivity index (χ3n) is 5.64. The van der Waals surface area contributed by atoms with Crippen LogP contribution in [0, 0.1) is 18.3 Å². The van der Waals surface area contributed by atoms with Crippen molar-refractivity contribution in [1.29, 1.82) is 5.26 Å². The summed E-state index contributed by atoms with van der Waals surface area (Å²) in [4.78, 5) is 17.4. The molecule has 4 rings (SSSR count). The molecule has 1 aliphatic rings. The van der Waals surface area contributed by atoms with Crippen LogP contribution in [0.15, 0.2) is 42.7 Å². The standard InChI is InChI=1S/C23H24N4O2/c1-15-6-8-16(9-7-15)13-27-14-18(21-22(27)17(12-24)10-11-25-21)23(29)26-19-4-2-3-5-20(19)28/h6-11,14,19-20,28H,2-5,13H2,1H3,(H,26,29)/t19-,20-/m0/s1. The normalized spacial score (nSPS) is 19.1. The fourth-order valence-electron chi connectivity index (χ4n) is 4.02. The van der Waals surface area contributed by atoms with Crippen molar-refractivity contribution >= 4 is 16.9 Å². The topological polar surface area (TPSA) is 90.9 Å². The number of carbonyl (C=O) groups is 1. The predicted molar refractivity (Wildman–Crippen MR) is 110 cm³/mol. The molecule has 0 bridgehead atoms. The highest BCUT2D eigenvalue weighted by Gasteiger charge is 2.27. The minimum absolute atomic E-state index is 0.245. The molecule has 0 aliphatic heterocycles. The van der Waals surface area contributed by atoms with Crippen molar-refractivity contribution in [1.82, 2.24) is 14.9 Å². The molecule has 1 aliphatic carbocycles.